The van der Waals surface area contributed by atoms with Crippen LogP contribution < -0.4 is 0 Å². The summed E-state index contributed by atoms with van der Waals surface area (Å²) in [6.45, 7) is 3.17. The number of nitriles is 1. The normalized spacial score (nSPS) is 20.6. The van der Waals surface area contributed by atoms with E-state index in [9.17, 15) is 8.42 Å². The van der Waals surface area contributed by atoms with Crippen LogP contribution in [0.15, 0.2) is 23.1 Å². The molecule has 1 saturated heterocycles. The van der Waals surface area contributed by atoms with Gasteiger partial charge in [-0.2, -0.15) is 9.57 Å². The van der Waals surface area contributed by atoms with Gasteiger partial charge in [-0.3, -0.25) is 0 Å². The summed E-state index contributed by atoms with van der Waals surface area (Å²) in [6, 6.07) is 6.26. The molecule has 1 unspecified atom stereocenters. The monoisotopic (exact) mass is 312 g/mol. The van der Waals surface area contributed by atoms with E-state index in [2.05, 4.69) is 6.92 Å². The van der Waals surface area contributed by atoms with Crippen LogP contribution in [0, 0.1) is 17.2 Å². The summed E-state index contributed by atoms with van der Waals surface area (Å²) in [7, 11) is -3.57. The highest BCUT2D eigenvalue weighted by molar-refractivity contribution is 7.89. The molecule has 1 aliphatic rings. The topological polar surface area (TPSA) is 61.2 Å². The molecule has 0 N–H and O–H groups in total. The lowest BCUT2D eigenvalue weighted by molar-refractivity contribution is 0.261. The van der Waals surface area contributed by atoms with E-state index in [1.165, 1.54) is 22.5 Å². The molecule has 0 aliphatic carbocycles. The number of rotatable bonds is 3. The SMILES string of the molecule is CCC1CCCN(S(=O)(=O)c2ccc(C#N)cc2Cl)C1. The first-order chi connectivity index (χ1) is 9.48. The van der Waals surface area contributed by atoms with Gasteiger partial charge in [0.15, 0.2) is 0 Å². The van der Waals surface area contributed by atoms with Gasteiger partial charge in [-0.05, 0) is 37.0 Å². The Hall–Kier alpha value is -1.09. The van der Waals surface area contributed by atoms with Gasteiger partial charge in [0, 0.05) is 13.1 Å². The van der Waals surface area contributed by atoms with Crippen LogP contribution in [0.25, 0.3) is 0 Å². The first-order valence-corrected chi connectivity index (χ1v) is 8.50. The molecule has 0 aromatic heterocycles. The third kappa shape index (κ3) is 2.98. The van der Waals surface area contributed by atoms with Gasteiger partial charge in [0.05, 0.1) is 16.7 Å². The average Bonchev–Trinajstić information content (AvgIpc) is 2.46. The van der Waals surface area contributed by atoms with Gasteiger partial charge in [-0.1, -0.05) is 24.9 Å². The number of sulfonamides is 1. The first kappa shape index (κ1) is 15.3. The summed E-state index contributed by atoms with van der Waals surface area (Å²) in [6.07, 6.45) is 2.93. The zero-order chi connectivity index (χ0) is 14.8. The van der Waals surface area contributed by atoms with E-state index in [4.69, 9.17) is 16.9 Å². The fraction of sp³-hybridized carbons (Fsp3) is 0.500. The number of hydrogen-bond donors (Lipinski definition) is 0. The molecule has 1 heterocycles. The van der Waals surface area contributed by atoms with E-state index >= 15 is 0 Å². The number of benzene rings is 1. The van der Waals surface area contributed by atoms with E-state index in [1.54, 1.807) is 0 Å². The van der Waals surface area contributed by atoms with Crippen molar-refractivity contribution >= 4 is 21.6 Å². The molecule has 0 saturated carbocycles. The minimum Gasteiger partial charge on any atom is -0.207 e. The quantitative estimate of drug-likeness (QED) is 0.862. The summed E-state index contributed by atoms with van der Waals surface area (Å²) < 4.78 is 26.8. The fourth-order valence-corrected chi connectivity index (χ4v) is 4.57. The van der Waals surface area contributed by atoms with Crippen LogP contribution in [-0.4, -0.2) is 25.8 Å². The second-order valence-corrected chi connectivity index (χ2v) is 7.35. The molecule has 1 aliphatic heterocycles. The molecule has 20 heavy (non-hydrogen) atoms. The lowest BCUT2D eigenvalue weighted by Crippen LogP contribution is -2.39. The van der Waals surface area contributed by atoms with E-state index in [0.717, 1.165) is 19.3 Å². The van der Waals surface area contributed by atoms with Gasteiger partial charge >= 0.3 is 0 Å². The number of hydrogen-bond acceptors (Lipinski definition) is 3. The van der Waals surface area contributed by atoms with Gasteiger partial charge in [0.25, 0.3) is 0 Å². The Bertz CT molecular complexity index is 637. The largest absolute Gasteiger partial charge is 0.244 e. The number of piperidine rings is 1. The zero-order valence-corrected chi connectivity index (χ0v) is 12.9. The molecule has 1 aromatic rings. The Balaban J connectivity index is 2.33. The first-order valence-electron chi connectivity index (χ1n) is 6.68. The van der Waals surface area contributed by atoms with Gasteiger partial charge in [-0.15, -0.1) is 0 Å². The molecule has 108 valence electrons. The van der Waals surface area contributed by atoms with Crippen molar-refractivity contribution in [3.63, 3.8) is 0 Å². The second kappa shape index (κ2) is 6.13. The maximum atomic E-state index is 12.6. The Kier molecular flexibility index (Phi) is 4.69. The standard InChI is InChI=1S/C14H17ClN2O2S/c1-2-11-4-3-7-17(10-11)20(18,19)14-6-5-12(9-16)8-13(14)15/h5-6,8,11H,2-4,7,10H2,1H3. The lowest BCUT2D eigenvalue weighted by Gasteiger charge is -2.31. The smallest absolute Gasteiger partial charge is 0.207 e. The maximum absolute atomic E-state index is 12.6. The molecule has 6 heteroatoms. The van der Waals surface area contributed by atoms with Crippen LogP contribution in [0.3, 0.4) is 0 Å². The Morgan fingerprint density at radius 1 is 1.50 bits per heavy atom. The summed E-state index contributed by atoms with van der Waals surface area (Å²) in [5.41, 5.74) is 0.360. The Morgan fingerprint density at radius 3 is 2.85 bits per heavy atom. The van der Waals surface area contributed by atoms with E-state index < -0.39 is 10.0 Å². The molecule has 0 amide bonds. The molecule has 0 spiro atoms. The minimum absolute atomic E-state index is 0.0925. The van der Waals surface area contributed by atoms with Crippen molar-refractivity contribution in [1.82, 2.24) is 4.31 Å². The van der Waals surface area contributed by atoms with Crippen molar-refractivity contribution in [3.05, 3.63) is 28.8 Å². The highest BCUT2D eigenvalue weighted by Gasteiger charge is 2.31. The summed E-state index contributed by atoms with van der Waals surface area (Å²) in [5, 5.41) is 8.92. The van der Waals surface area contributed by atoms with Crippen molar-refractivity contribution in [3.8, 4) is 6.07 Å². The van der Waals surface area contributed by atoms with E-state index in [1.807, 2.05) is 6.07 Å². The third-order valence-electron chi connectivity index (χ3n) is 3.74. The van der Waals surface area contributed by atoms with Crippen LogP contribution in [-0.2, 0) is 10.0 Å². The van der Waals surface area contributed by atoms with Crippen LogP contribution in [0.1, 0.15) is 31.7 Å². The molecule has 0 bridgehead atoms. The van der Waals surface area contributed by atoms with Crippen LogP contribution in [0.5, 0.6) is 0 Å². The zero-order valence-electron chi connectivity index (χ0n) is 11.3. The van der Waals surface area contributed by atoms with Crippen molar-refractivity contribution in [2.75, 3.05) is 13.1 Å². The van der Waals surface area contributed by atoms with Crippen molar-refractivity contribution in [1.29, 1.82) is 5.26 Å². The molecule has 1 aromatic carbocycles. The third-order valence-corrected chi connectivity index (χ3v) is 6.09. The molecular weight excluding hydrogens is 296 g/mol. The fourth-order valence-electron chi connectivity index (χ4n) is 2.50. The average molecular weight is 313 g/mol. The summed E-state index contributed by atoms with van der Waals surface area (Å²) in [5.74, 6) is 0.413. The van der Waals surface area contributed by atoms with Crippen LogP contribution >= 0.6 is 11.6 Å². The van der Waals surface area contributed by atoms with Crippen molar-refractivity contribution in [2.24, 2.45) is 5.92 Å². The van der Waals surface area contributed by atoms with Crippen LogP contribution in [0.2, 0.25) is 5.02 Å². The lowest BCUT2D eigenvalue weighted by atomic mass is 9.97. The second-order valence-electron chi connectivity index (χ2n) is 5.04. The highest BCUT2D eigenvalue weighted by atomic mass is 35.5. The number of halogens is 1. The van der Waals surface area contributed by atoms with E-state index in [-0.39, 0.29) is 9.92 Å². The summed E-state index contributed by atoms with van der Waals surface area (Å²) >= 11 is 6.03. The molecule has 4 nitrogen and oxygen atoms in total. The number of nitrogens with zero attached hydrogens (tertiary/aromatic N) is 2. The molecule has 1 atom stereocenters. The van der Waals surface area contributed by atoms with Crippen molar-refractivity contribution < 1.29 is 8.42 Å². The van der Waals surface area contributed by atoms with Gasteiger partial charge in [-0.25, -0.2) is 8.42 Å². The molecule has 2 rings (SSSR count). The van der Waals surface area contributed by atoms with Gasteiger partial charge in [0.2, 0.25) is 10.0 Å². The Morgan fingerprint density at radius 2 is 2.25 bits per heavy atom. The summed E-state index contributed by atoms with van der Waals surface area (Å²) in [4.78, 5) is 0.0925. The molecule has 0 radical (unpaired) electrons. The van der Waals surface area contributed by atoms with Crippen LogP contribution in [0.4, 0.5) is 0 Å². The van der Waals surface area contributed by atoms with Gasteiger partial charge in [0.1, 0.15) is 4.90 Å². The highest BCUT2D eigenvalue weighted by Crippen LogP contribution is 2.29. The predicted molar refractivity (Wildman–Crippen MR) is 77.9 cm³/mol. The van der Waals surface area contributed by atoms with Gasteiger partial charge < -0.3 is 0 Å². The molecule has 1 fully saturated rings. The van der Waals surface area contributed by atoms with E-state index in [0.29, 0.717) is 24.6 Å². The maximum Gasteiger partial charge on any atom is 0.244 e. The predicted octanol–water partition coefficient (Wildman–Crippen LogP) is 3.02. The van der Waals surface area contributed by atoms with Crippen molar-refractivity contribution in [2.45, 2.75) is 31.1 Å². The Labute approximate surface area is 125 Å². The molecular formula is C14H17ClN2O2S. The minimum atomic E-state index is -3.57.